The van der Waals surface area contributed by atoms with Crippen molar-refractivity contribution in [3.63, 3.8) is 0 Å². The minimum absolute atomic E-state index is 0. The van der Waals surface area contributed by atoms with E-state index in [4.69, 9.17) is 17.2 Å². The standard InChI is InChI=1S/C16H20N4.ClH/c1-11-9-13(17)5-7-16(11)20-8-2-3-12-10-14(18)4-6-15(12)19;/h2-7,9-10,20H,8,17-19H2,1H3;1H/b3-2+;. The molecule has 0 saturated carbocycles. The van der Waals surface area contributed by atoms with E-state index in [1.165, 1.54) is 0 Å². The molecule has 21 heavy (non-hydrogen) atoms. The number of hydrogen-bond acceptors (Lipinski definition) is 4. The molecule has 0 saturated heterocycles. The average Bonchev–Trinajstić information content (AvgIpc) is 2.40. The van der Waals surface area contributed by atoms with Gasteiger partial charge >= 0.3 is 0 Å². The highest BCUT2D eigenvalue weighted by atomic mass is 35.5. The van der Waals surface area contributed by atoms with Crippen molar-refractivity contribution in [2.24, 2.45) is 0 Å². The predicted octanol–water partition coefficient (Wildman–Crippen LogP) is 3.29. The van der Waals surface area contributed by atoms with Gasteiger partial charge in [0.15, 0.2) is 0 Å². The van der Waals surface area contributed by atoms with E-state index in [0.717, 1.165) is 28.2 Å². The quantitative estimate of drug-likeness (QED) is 0.652. The van der Waals surface area contributed by atoms with Gasteiger partial charge in [0.1, 0.15) is 0 Å². The lowest BCUT2D eigenvalue weighted by Gasteiger charge is -2.08. The lowest BCUT2D eigenvalue weighted by atomic mass is 10.1. The molecule has 0 aliphatic rings. The van der Waals surface area contributed by atoms with Gasteiger partial charge in [-0.2, -0.15) is 0 Å². The van der Waals surface area contributed by atoms with E-state index in [1.54, 1.807) is 6.07 Å². The fraction of sp³-hybridized carbons (Fsp3) is 0.125. The Morgan fingerprint density at radius 2 is 1.67 bits per heavy atom. The van der Waals surface area contributed by atoms with E-state index in [-0.39, 0.29) is 12.4 Å². The Kier molecular flexibility index (Phi) is 5.93. The van der Waals surface area contributed by atoms with Crippen molar-refractivity contribution in [1.82, 2.24) is 0 Å². The minimum Gasteiger partial charge on any atom is -0.399 e. The zero-order chi connectivity index (χ0) is 14.5. The first-order valence-corrected chi connectivity index (χ1v) is 6.48. The second kappa shape index (κ2) is 7.45. The van der Waals surface area contributed by atoms with Crippen molar-refractivity contribution < 1.29 is 0 Å². The first kappa shape index (κ1) is 16.7. The molecule has 0 fully saturated rings. The van der Waals surface area contributed by atoms with Crippen LogP contribution in [0.3, 0.4) is 0 Å². The molecule has 0 bridgehead atoms. The van der Waals surface area contributed by atoms with Crippen LogP contribution in [0.5, 0.6) is 0 Å². The van der Waals surface area contributed by atoms with Crippen LogP contribution in [-0.2, 0) is 0 Å². The Morgan fingerprint density at radius 1 is 1.00 bits per heavy atom. The zero-order valence-electron chi connectivity index (χ0n) is 12.0. The van der Waals surface area contributed by atoms with Crippen LogP contribution in [0.15, 0.2) is 42.5 Å². The summed E-state index contributed by atoms with van der Waals surface area (Å²) in [7, 11) is 0. The Labute approximate surface area is 131 Å². The molecule has 2 rings (SSSR count). The summed E-state index contributed by atoms with van der Waals surface area (Å²) in [6.07, 6.45) is 3.98. The Hall–Kier alpha value is -2.33. The van der Waals surface area contributed by atoms with Crippen LogP contribution in [0.1, 0.15) is 11.1 Å². The predicted molar refractivity (Wildman–Crippen MR) is 95.6 cm³/mol. The molecule has 0 heterocycles. The summed E-state index contributed by atoms with van der Waals surface area (Å²) < 4.78 is 0. The van der Waals surface area contributed by atoms with Crippen molar-refractivity contribution in [1.29, 1.82) is 0 Å². The number of nitrogens with two attached hydrogens (primary N) is 3. The number of nitrogen functional groups attached to an aromatic ring is 3. The molecule has 0 amide bonds. The highest BCUT2D eigenvalue weighted by molar-refractivity contribution is 5.85. The molecule has 2 aromatic carbocycles. The maximum absolute atomic E-state index is 5.88. The molecule has 0 aromatic heterocycles. The molecule has 2 aromatic rings. The fourth-order valence-corrected chi connectivity index (χ4v) is 1.98. The van der Waals surface area contributed by atoms with Crippen molar-refractivity contribution in [2.75, 3.05) is 29.1 Å². The van der Waals surface area contributed by atoms with Gasteiger partial charge in [-0.25, -0.2) is 0 Å². The van der Waals surface area contributed by atoms with Crippen LogP contribution in [0.25, 0.3) is 6.08 Å². The summed E-state index contributed by atoms with van der Waals surface area (Å²) >= 11 is 0. The summed E-state index contributed by atoms with van der Waals surface area (Å²) in [5.41, 5.74) is 22.7. The molecular formula is C16H21ClN4. The largest absolute Gasteiger partial charge is 0.399 e. The third-order valence-electron chi connectivity index (χ3n) is 3.07. The number of rotatable bonds is 4. The molecule has 4 nitrogen and oxygen atoms in total. The highest BCUT2D eigenvalue weighted by Gasteiger charge is 1.97. The van der Waals surface area contributed by atoms with Gasteiger partial charge in [0, 0.05) is 29.3 Å². The number of benzene rings is 2. The summed E-state index contributed by atoms with van der Waals surface area (Å²) in [6.45, 7) is 2.73. The van der Waals surface area contributed by atoms with Crippen molar-refractivity contribution in [3.8, 4) is 0 Å². The van der Waals surface area contributed by atoms with Gasteiger partial charge in [0.05, 0.1) is 0 Å². The van der Waals surface area contributed by atoms with Gasteiger partial charge in [-0.1, -0.05) is 12.2 Å². The van der Waals surface area contributed by atoms with Gasteiger partial charge in [0.25, 0.3) is 0 Å². The van der Waals surface area contributed by atoms with E-state index in [1.807, 2.05) is 49.4 Å². The number of nitrogens with one attached hydrogen (secondary N) is 1. The Bertz CT molecular complexity index is 638. The topological polar surface area (TPSA) is 90.1 Å². The van der Waals surface area contributed by atoms with Crippen LogP contribution in [0.4, 0.5) is 22.7 Å². The summed E-state index contributed by atoms with van der Waals surface area (Å²) in [5.74, 6) is 0. The summed E-state index contributed by atoms with van der Waals surface area (Å²) in [6, 6.07) is 11.3. The van der Waals surface area contributed by atoms with Gasteiger partial charge in [-0.3, -0.25) is 0 Å². The van der Waals surface area contributed by atoms with Crippen LogP contribution < -0.4 is 22.5 Å². The number of hydrogen-bond donors (Lipinski definition) is 4. The molecule has 112 valence electrons. The molecule has 0 spiro atoms. The molecule has 0 unspecified atom stereocenters. The van der Waals surface area contributed by atoms with Crippen molar-refractivity contribution in [3.05, 3.63) is 53.6 Å². The van der Waals surface area contributed by atoms with E-state index in [0.29, 0.717) is 12.2 Å². The smallest absolute Gasteiger partial charge is 0.0389 e. The second-order valence-electron chi connectivity index (χ2n) is 4.75. The van der Waals surface area contributed by atoms with Crippen LogP contribution >= 0.6 is 12.4 Å². The maximum Gasteiger partial charge on any atom is 0.0389 e. The van der Waals surface area contributed by atoms with Crippen LogP contribution in [-0.4, -0.2) is 6.54 Å². The molecule has 0 aliphatic heterocycles. The van der Waals surface area contributed by atoms with E-state index >= 15 is 0 Å². The fourth-order valence-electron chi connectivity index (χ4n) is 1.98. The third kappa shape index (κ3) is 4.61. The van der Waals surface area contributed by atoms with E-state index in [9.17, 15) is 0 Å². The SMILES string of the molecule is Cc1cc(N)ccc1NC/C=C/c1cc(N)ccc1N.Cl. The lowest BCUT2D eigenvalue weighted by molar-refractivity contribution is 1.31. The normalized spacial score (nSPS) is 10.3. The van der Waals surface area contributed by atoms with Gasteiger partial charge in [0.2, 0.25) is 0 Å². The molecule has 7 N–H and O–H groups in total. The monoisotopic (exact) mass is 304 g/mol. The zero-order valence-corrected chi connectivity index (χ0v) is 12.8. The summed E-state index contributed by atoms with van der Waals surface area (Å²) in [4.78, 5) is 0. The average molecular weight is 305 g/mol. The van der Waals surface area contributed by atoms with Crippen molar-refractivity contribution in [2.45, 2.75) is 6.92 Å². The Balaban J connectivity index is 0.00000220. The van der Waals surface area contributed by atoms with Gasteiger partial charge in [-0.05, 0) is 54.4 Å². The van der Waals surface area contributed by atoms with Crippen molar-refractivity contribution >= 4 is 41.2 Å². The number of anilines is 4. The Morgan fingerprint density at radius 3 is 2.38 bits per heavy atom. The third-order valence-corrected chi connectivity index (χ3v) is 3.07. The lowest BCUT2D eigenvalue weighted by Crippen LogP contribution is -2.01. The first-order valence-electron chi connectivity index (χ1n) is 6.48. The van der Waals surface area contributed by atoms with E-state index < -0.39 is 0 Å². The molecular weight excluding hydrogens is 284 g/mol. The maximum atomic E-state index is 5.88. The number of aryl methyl sites for hydroxylation is 1. The minimum atomic E-state index is 0. The van der Waals surface area contributed by atoms with Crippen LogP contribution in [0, 0.1) is 6.92 Å². The molecule has 0 atom stereocenters. The highest BCUT2D eigenvalue weighted by Crippen LogP contribution is 2.18. The summed E-state index contributed by atoms with van der Waals surface area (Å²) in [5, 5.41) is 3.33. The molecule has 0 radical (unpaired) electrons. The second-order valence-corrected chi connectivity index (χ2v) is 4.75. The molecule has 0 aliphatic carbocycles. The van der Waals surface area contributed by atoms with Crippen LogP contribution in [0.2, 0.25) is 0 Å². The van der Waals surface area contributed by atoms with Gasteiger partial charge < -0.3 is 22.5 Å². The van der Waals surface area contributed by atoms with Gasteiger partial charge in [-0.15, -0.1) is 12.4 Å². The number of halogens is 1. The first-order chi connectivity index (χ1) is 9.56. The molecule has 5 heteroatoms. The van der Waals surface area contributed by atoms with E-state index in [2.05, 4.69) is 5.32 Å².